The van der Waals surface area contributed by atoms with Crippen molar-refractivity contribution < 1.29 is 0 Å². The summed E-state index contributed by atoms with van der Waals surface area (Å²) in [5.74, 6) is 0.0339. The monoisotopic (exact) mass is 490 g/mol. The van der Waals surface area contributed by atoms with Crippen LogP contribution in [0.3, 0.4) is 0 Å². The van der Waals surface area contributed by atoms with Crippen molar-refractivity contribution in [1.29, 1.82) is 0 Å². The summed E-state index contributed by atoms with van der Waals surface area (Å²) in [6.07, 6.45) is 1.88. The maximum atomic E-state index is 4.77. The molecule has 0 spiro atoms. The van der Waals surface area contributed by atoms with Crippen LogP contribution in [0.2, 0.25) is 0 Å². The van der Waals surface area contributed by atoms with Gasteiger partial charge in [-0.3, -0.25) is 10.1 Å². The Balaban J connectivity index is 1.47. The minimum atomic E-state index is 0.0339. The summed E-state index contributed by atoms with van der Waals surface area (Å²) in [5.41, 5.74) is 10.0. The number of pyridine rings is 1. The molecule has 38 heavy (non-hydrogen) atoms. The second-order valence-corrected chi connectivity index (χ2v) is 9.71. The van der Waals surface area contributed by atoms with Crippen molar-refractivity contribution in [2.75, 3.05) is 0 Å². The normalized spacial score (nSPS) is 12.2. The third kappa shape index (κ3) is 3.78. The van der Waals surface area contributed by atoms with Crippen molar-refractivity contribution in [2.45, 2.75) is 12.8 Å². The Bertz CT molecular complexity index is 1840. The molecule has 7 rings (SSSR count). The van der Waals surface area contributed by atoms with E-state index < -0.39 is 0 Å². The number of fused-ring (bicyclic) bond motifs is 3. The summed E-state index contributed by atoms with van der Waals surface area (Å²) in [6.45, 7) is 2.03. The molecule has 4 nitrogen and oxygen atoms in total. The van der Waals surface area contributed by atoms with Gasteiger partial charge in [0, 0.05) is 33.9 Å². The van der Waals surface area contributed by atoms with Gasteiger partial charge in [0.05, 0.1) is 28.3 Å². The maximum Gasteiger partial charge on any atom is 0.0924 e. The fourth-order valence-corrected chi connectivity index (χ4v) is 5.54. The Hall–Kier alpha value is -4.96. The van der Waals surface area contributed by atoms with Crippen LogP contribution in [0, 0.1) is 6.92 Å². The summed E-state index contributed by atoms with van der Waals surface area (Å²) in [4.78, 5) is 4.77. The van der Waals surface area contributed by atoms with E-state index >= 15 is 0 Å². The minimum absolute atomic E-state index is 0.0339. The average Bonchev–Trinajstić information content (AvgIpc) is 3.55. The van der Waals surface area contributed by atoms with Crippen molar-refractivity contribution in [2.24, 2.45) is 0 Å². The summed E-state index contributed by atoms with van der Waals surface area (Å²) in [6, 6.07) is 43.0. The molecule has 4 aromatic carbocycles. The van der Waals surface area contributed by atoms with Crippen LogP contribution in [0.25, 0.3) is 38.8 Å². The summed E-state index contributed by atoms with van der Waals surface area (Å²) < 4.78 is 2.37. The predicted octanol–water partition coefficient (Wildman–Crippen LogP) is 8.06. The quantitative estimate of drug-likeness (QED) is 0.265. The lowest BCUT2D eigenvalue weighted by Crippen LogP contribution is -2.05. The molecule has 0 fully saturated rings. The molecule has 0 bridgehead atoms. The van der Waals surface area contributed by atoms with Crippen LogP contribution >= 0.6 is 0 Å². The van der Waals surface area contributed by atoms with Gasteiger partial charge < -0.3 is 4.57 Å². The van der Waals surface area contributed by atoms with Crippen molar-refractivity contribution in [3.8, 4) is 16.9 Å². The minimum Gasteiger partial charge on any atom is -0.309 e. The summed E-state index contributed by atoms with van der Waals surface area (Å²) in [5, 5.41) is 10.0. The van der Waals surface area contributed by atoms with Crippen LogP contribution in [0.5, 0.6) is 0 Å². The van der Waals surface area contributed by atoms with Gasteiger partial charge in [-0.25, -0.2) is 0 Å². The Morgan fingerprint density at radius 3 is 2.29 bits per heavy atom. The number of aromatic nitrogens is 4. The van der Waals surface area contributed by atoms with E-state index in [-0.39, 0.29) is 5.92 Å². The molecular weight excluding hydrogens is 464 g/mol. The standard InChI is InChI=1S/C34H26N4/c1-23-20-31(37-36-23)25-12-9-13-27(21-25)38-32-16-6-5-14-28(32)29-18-17-26(22-33(29)38)34(24-10-3-2-4-11-24)30-15-7-8-19-35-30/h2-22,34H,1H3,(H,36,37). The Labute approximate surface area is 221 Å². The zero-order valence-electron chi connectivity index (χ0n) is 21.0. The molecule has 3 heterocycles. The zero-order valence-corrected chi connectivity index (χ0v) is 21.0. The predicted molar refractivity (Wildman–Crippen MR) is 155 cm³/mol. The smallest absolute Gasteiger partial charge is 0.0924 e. The van der Waals surface area contributed by atoms with E-state index in [1.165, 1.54) is 32.9 Å². The van der Waals surface area contributed by atoms with Gasteiger partial charge in [0.2, 0.25) is 0 Å². The number of aryl methyl sites for hydroxylation is 1. The third-order valence-corrected chi connectivity index (χ3v) is 7.25. The number of para-hydroxylation sites is 1. The van der Waals surface area contributed by atoms with E-state index in [4.69, 9.17) is 4.98 Å². The highest BCUT2D eigenvalue weighted by atomic mass is 15.1. The lowest BCUT2D eigenvalue weighted by molar-refractivity contribution is 0.919. The molecule has 0 aliphatic heterocycles. The van der Waals surface area contributed by atoms with Crippen molar-refractivity contribution in [3.05, 3.63) is 150 Å². The second-order valence-electron chi connectivity index (χ2n) is 9.71. The molecule has 0 aliphatic carbocycles. The first-order valence-corrected chi connectivity index (χ1v) is 12.9. The number of nitrogens with zero attached hydrogens (tertiary/aromatic N) is 3. The fourth-order valence-electron chi connectivity index (χ4n) is 5.54. The Kier molecular flexibility index (Phi) is 5.37. The molecule has 0 radical (unpaired) electrons. The molecule has 0 aliphatic rings. The number of rotatable bonds is 5. The molecule has 0 amide bonds. The van der Waals surface area contributed by atoms with Crippen molar-refractivity contribution in [1.82, 2.24) is 19.7 Å². The molecule has 3 aromatic heterocycles. The lowest BCUT2D eigenvalue weighted by atomic mass is 9.87. The van der Waals surface area contributed by atoms with Crippen LogP contribution < -0.4 is 0 Å². The van der Waals surface area contributed by atoms with Crippen LogP contribution in [-0.2, 0) is 0 Å². The lowest BCUT2D eigenvalue weighted by Gasteiger charge is -2.18. The largest absolute Gasteiger partial charge is 0.309 e. The van der Waals surface area contributed by atoms with Crippen LogP contribution in [0.4, 0.5) is 0 Å². The second kappa shape index (κ2) is 9.16. The molecule has 1 atom stereocenters. The molecule has 4 heteroatoms. The first kappa shape index (κ1) is 22.3. The molecule has 0 saturated carbocycles. The number of nitrogens with one attached hydrogen (secondary N) is 1. The SMILES string of the molecule is Cc1cc(-c2cccc(-n3c4ccccc4c4ccc(C(c5ccccc5)c5ccccn5)cc43)c2)n[nH]1. The van der Waals surface area contributed by atoms with E-state index in [0.717, 1.165) is 28.3 Å². The van der Waals surface area contributed by atoms with E-state index in [1.54, 1.807) is 0 Å². The molecule has 182 valence electrons. The number of benzene rings is 4. The van der Waals surface area contributed by atoms with Gasteiger partial charge in [0.15, 0.2) is 0 Å². The number of aromatic amines is 1. The van der Waals surface area contributed by atoms with Crippen molar-refractivity contribution >= 4 is 21.8 Å². The number of hydrogen-bond donors (Lipinski definition) is 1. The topological polar surface area (TPSA) is 46.5 Å². The van der Waals surface area contributed by atoms with Gasteiger partial charge in [-0.2, -0.15) is 5.10 Å². The highest BCUT2D eigenvalue weighted by molar-refractivity contribution is 6.09. The van der Waals surface area contributed by atoms with Gasteiger partial charge in [-0.1, -0.05) is 78.9 Å². The summed E-state index contributed by atoms with van der Waals surface area (Å²) in [7, 11) is 0. The number of hydrogen-bond acceptors (Lipinski definition) is 2. The Morgan fingerprint density at radius 2 is 1.47 bits per heavy atom. The third-order valence-electron chi connectivity index (χ3n) is 7.25. The van der Waals surface area contributed by atoms with E-state index in [1.807, 2.05) is 19.2 Å². The van der Waals surface area contributed by atoms with Crippen LogP contribution in [0.1, 0.15) is 28.4 Å². The Morgan fingerprint density at radius 1 is 0.658 bits per heavy atom. The van der Waals surface area contributed by atoms with Gasteiger partial charge >= 0.3 is 0 Å². The van der Waals surface area contributed by atoms with Gasteiger partial charge in [0.1, 0.15) is 0 Å². The molecule has 1 N–H and O–H groups in total. The molecule has 7 aromatic rings. The van der Waals surface area contributed by atoms with Gasteiger partial charge in [-0.05, 0) is 60.5 Å². The molecule has 1 unspecified atom stereocenters. The highest BCUT2D eigenvalue weighted by Gasteiger charge is 2.20. The molecular formula is C34H26N4. The van der Waals surface area contributed by atoms with E-state index in [9.17, 15) is 0 Å². The fraction of sp³-hybridized carbons (Fsp3) is 0.0588. The first-order chi connectivity index (χ1) is 18.8. The highest BCUT2D eigenvalue weighted by Crippen LogP contribution is 2.37. The summed E-state index contributed by atoms with van der Waals surface area (Å²) >= 11 is 0. The zero-order chi connectivity index (χ0) is 25.5. The van der Waals surface area contributed by atoms with Gasteiger partial charge in [0.25, 0.3) is 0 Å². The number of H-pyrrole nitrogens is 1. The van der Waals surface area contributed by atoms with E-state index in [0.29, 0.717) is 0 Å². The van der Waals surface area contributed by atoms with Gasteiger partial charge in [-0.15, -0.1) is 0 Å². The average molecular weight is 491 g/mol. The van der Waals surface area contributed by atoms with Crippen molar-refractivity contribution in [3.63, 3.8) is 0 Å². The van der Waals surface area contributed by atoms with Crippen LogP contribution in [0.15, 0.2) is 128 Å². The molecule has 0 saturated heterocycles. The van der Waals surface area contributed by atoms with E-state index in [2.05, 4.69) is 130 Å². The maximum absolute atomic E-state index is 4.77. The van der Waals surface area contributed by atoms with Crippen LogP contribution in [-0.4, -0.2) is 19.7 Å². The first-order valence-electron chi connectivity index (χ1n) is 12.9.